The summed E-state index contributed by atoms with van der Waals surface area (Å²) < 4.78 is 1.10. The predicted molar refractivity (Wildman–Crippen MR) is 137 cm³/mol. The van der Waals surface area contributed by atoms with Gasteiger partial charge in [-0.05, 0) is 42.3 Å². The molecule has 2 aromatic heterocycles. The highest BCUT2D eigenvalue weighted by atomic mass is 35.5. The van der Waals surface area contributed by atoms with Crippen LogP contribution >= 0.6 is 23.2 Å². The number of benzene rings is 2. The van der Waals surface area contributed by atoms with Gasteiger partial charge in [-0.25, -0.2) is 4.98 Å². The van der Waals surface area contributed by atoms with E-state index < -0.39 is 0 Å². The minimum atomic E-state index is -0.365. The SMILES string of the molecule is COn1c(=O)ccc2c(-c3c(Cl)cccc3Cl)nc(Nc3cccc(CN4CC[C@@H](O)C4)c3)nc21. The molecule has 0 bridgehead atoms. The molecule has 5 rings (SSSR count). The zero-order valence-corrected chi connectivity index (χ0v) is 20.4. The molecule has 35 heavy (non-hydrogen) atoms. The number of aromatic nitrogens is 3. The Bertz CT molecular complexity index is 1440. The van der Waals surface area contributed by atoms with Crippen molar-refractivity contribution in [2.24, 2.45) is 0 Å². The lowest BCUT2D eigenvalue weighted by molar-refractivity contribution is 0.167. The van der Waals surface area contributed by atoms with Crippen molar-refractivity contribution in [2.75, 3.05) is 25.5 Å². The number of fused-ring (bicyclic) bond motifs is 1. The van der Waals surface area contributed by atoms with Gasteiger partial charge in [0.1, 0.15) is 7.11 Å². The van der Waals surface area contributed by atoms with Crippen LogP contribution < -0.4 is 15.7 Å². The van der Waals surface area contributed by atoms with Crippen molar-refractivity contribution in [3.8, 4) is 11.3 Å². The smallest absolute Gasteiger partial charge is 0.285 e. The molecule has 2 aromatic carbocycles. The molecule has 4 aromatic rings. The van der Waals surface area contributed by atoms with E-state index in [0.29, 0.717) is 33.2 Å². The fourth-order valence-corrected chi connectivity index (χ4v) is 4.91. The molecule has 0 radical (unpaired) electrons. The van der Waals surface area contributed by atoms with Crippen LogP contribution in [0.15, 0.2) is 59.4 Å². The van der Waals surface area contributed by atoms with Gasteiger partial charge in [-0.1, -0.05) is 41.4 Å². The van der Waals surface area contributed by atoms with E-state index in [2.05, 4.69) is 15.2 Å². The van der Waals surface area contributed by atoms with Crippen molar-refractivity contribution in [3.63, 3.8) is 0 Å². The number of β-amino-alcohol motifs (C(OH)–C–C–N with tert-alkyl or cyclic N) is 1. The maximum absolute atomic E-state index is 12.4. The van der Waals surface area contributed by atoms with Crippen molar-refractivity contribution >= 4 is 45.9 Å². The first-order valence-electron chi connectivity index (χ1n) is 11.1. The molecule has 1 atom stereocenters. The van der Waals surface area contributed by atoms with Crippen LogP contribution in [0.1, 0.15) is 12.0 Å². The first-order valence-corrected chi connectivity index (χ1v) is 11.9. The molecule has 0 spiro atoms. The van der Waals surface area contributed by atoms with Crippen LogP contribution in [0.3, 0.4) is 0 Å². The van der Waals surface area contributed by atoms with E-state index in [4.69, 9.17) is 33.0 Å². The van der Waals surface area contributed by atoms with E-state index in [1.54, 1.807) is 24.3 Å². The maximum atomic E-state index is 12.4. The van der Waals surface area contributed by atoms with Crippen molar-refractivity contribution in [1.29, 1.82) is 0 Å². The summed E-state index contributed by atoms with van der Waals surface area (Å²) in [6.45, 7) is 2.26. The summed E-state index contributed by atoms with van der Waals surface area (Å²) in [5.74, 6) is 0.258. The Morgan fingerprint density at radius 1 is 1.11 bits per heavy atom. The summed E-state index contributed by atoms with van der Waals surface area (Å²) in [6, 6.07) is 16.1. The summed E-state index contributed by atoms with van der Waals surface area (Å²) >= 11 is 13.0. The molecule has 3 heterocycles. The van der Waals surface area contributed by atoms with Crippen molar-refractivity contribution in [1.82, 2.24) is 19.6 Å². The number of aliphatic hydroxyl groups excluding tert-OH is 1. The molecule has 0 amide bonds. The number of likely N-dealkylation sites (tertiary alicyclic amines) is 1. The summed E-state index contributed by atoms with van der Waals surface area (Å²) in [5.41, 5.74) is 2.80. The first-order chi connectivity index (χ1) is 16.9. The van der Waals surface area contributed by atoms with E-state index in [-0.39, 0.29) is 23.3 Å². The van der Waals surface area contributed by atoms with Crippen LogP contribution in [-0.4, -0.2) is 51.0 Å². The van der Waals surface area contributed by atoms with Crippen LogP contribution in [0.25, 0.3) is 22.3 Å². The van der Waals surface area contributed by atoms with Gasteiger partial charge in [-0.3, -0.25) is 9.69 Å². The van der Waals surface area contributed by atoms with E-state index in [1.807, 2.05) is 24.3 Å². The van der Waals surface area contributed by atoms with Crippen molar-refractivity contribution in [3.05, 3.63) is 80.6 Å². The lowest BCUT2D eigenvalue weighted by Gasteiger charge is -2.16. The summed E-state index contributed by atoms with van der Waals surface area (Å²) in [5, 5.41) is 14.5. The minimum Gasteiger partial charge on any atom is -0.412 e. The fourth-order valence-electron chi connectivity index (χ4n) is 4.33. The molecule has 10 heteroatoms. The third kappa shape index (κ3) is 4.83. The lowest BCUT2D eigenvalue weighted by atomic mass is 10.1. The number of pyridine rings is 1. The number of rotatable bonds is 6. The normalized spacial score (nSPS) is 16.1. The third-order valence-electron chi connectivity index (χ3n) is 5.93. The van der Waals surface area contributed by atoms with Crippen molar-refractivity contribution in [2.45, 2.75) is 19.1 Å². The standard InChI is InChI=1S/C25H23Cl2N5O3/c1-35-32-21(34)9-8-18-23(22-19(26)6-3-7-20(22)27)29-25(30-24(18)32)28-16-5-2-4-15(12-16)13-31-11-10-17(33)14-31/h2-9,12,17,33H,10-11,13-14H2,1H3,(H,28,29,30)/t17-/m1/s1. The van der Waals surface area contributed by atoms with E-state index in [1.165, 1.54) is 13.2 Å². The quantitative estimate of drug-likeness (QED) is 0.401. The first kappa shape index (κ1) is 23.6. The molecule has 1 fully saturated rings. The second-order valence-electron chi connectivity index (χ2n) is 8.38. The number of halogens is 2. The molecule has 1 aliphatic heterocycles. The third-order valence-corrected chi connectivity index (χ3v) is 6.56. The number of hydrogen-bond donors (Lipinski definition) is 2. The molecular formula is C25H23Cl2N5O3. The van der Waals surface area contributed by atoms with Gasteiger partial charge in [0.15, 0.2) is 5.65 Å². The molecule has 1 saturated heterocycles. The zero-order chi connectivity index (χ0) is 24.5. The topological polar surface area (TPSA) is 92.5 Å². The van der Waals surface area contributed by atoms with Crippen LogP contribution in [0.4, 0.5) is 11.6 Å². The van der Waals surface area contributed by atoms with Crippen molar-refractivity contribution < 1.29 is 9.94 Å². The molecule has 2 N–H and O–H groups in total. The van der Waals surface area contributed by atoms with Gasteiger partial charge in [-0.15, -0.1) is 4.73 Å². The molecule has 8 nitrogen and oxygen atoms in total. The molecule has 0 saturated carbocycles. The van der Waals surface area contributed by atoms with Crippen LogP contribution in [0.2, 0.25) is 10.0 Å². The minimum absolute atomic E-state index is 0.258. The Balaban J connectivity index is 1.58. The van der Waals surface area contributed by atoms with Gasteiger partial charge in [0, 0.05) is 42.3 Å². The maximum Gasteiger partial charge on any atom is 0.285 e. The van der Waals surface area contributed by atoms with Gasteiger partial charge >= 0.3 is 0 Å². The molecule has 0 unspecified atom stereocenters. The second kappa shape index (κ2) is 9.83. The van der Waals surface area contributed by atoms with Crippen LogP contribution in [0.5, 0.6) is 0 Å². The number of hydrogen-bond acceptors (Lipinski definition) is 7. The Labute approximate surface area is 211 Å². The summed E-state index contributed by atoms with van der Waals surface area (Å²) in [6.07, 6.45) is 0.521. The Morgan fingerprint density at radius 2 is 1.89 bits per heavy atom. The number of nitrogens with zero attached hydrogens (tertiary/aromatic N) is 4. The Kier molecular flexibility index (Phi) is 6.62. The van der Waals surface area contributed by atoms with Crippen LogP contribution in [0, 0.1) is 0 Å². The number of anilines is 2. The molecule has 180 valence electrons. The predicted octanol–water partition coefficient (Wildman–Crippen LogP) is 4.13. The monoisotopic (exact) mass is 511 g/mol. The Hall–Kier alpha value is -3.17. The lowest BCUT2D eigenvalue weighted by Crippen LogP contribution is -2.25. The van der Waals surface area contributed by atoms with Gasteiger partial charge in [0.05, 0.1) is 21.8 Å². The average Bonchev–Trinajstić information content (AvgIpc) is 3.23. The van der Waals surface area contributed by atoms with E-state index in [9.17, 15) is 9.90 Å². The average molecular weight is 512 g/mol. The van der Waals surface area contributed by atoms with Gasteiger partial charge in [-0.2, -0.15) is 4.98 Å². The van der Waals surface area contributed by atoms with E-state index in [0.717, 1.165) is 35.5 Å². The molecule has 0 aliphatic carbocycles. The summed E-state index contributed by atoms with van der Waals surface area (Å²) in [4.78, 5) is 29.3. The van der Waals surface area contributed by atoms with Gasteiger partial charge < -0.3 is 15.3 Å². The highest BCUT2D eigenvalue weighted by Crippen LogP contribution is 2.37. The fraction of sp³-hybridized carbons (Fsp3) is 0.240. The van der Waals surface area contributed by atoms with E-state index >= 15 is 0 Å². The summed E-state index contributed by atoms with van der Waals surface area (Å²) in [7, 11) is 1.40. The second-order valence-corrected chi connectivity index (χ2v) is 9.20. The van der Waals surface area contributed by atoms with Crippen LogP contribution in [-0.2, 0) is 6.54 Å². The highest BCUT2D eigenvalue weighted by Gasteiger charge is 2.21. The zero-order valence-electron chi connectivity index (χ0n) is 18.9. The largest absolute Gasteiger partial charge is 0.412 e. The van der Waals surface area contributed by atoms with Gasteiger partial charge in [0.25, 0.3) is 5.56 Å². The van der Waals surface area contributed by atoms with Gasteiger partial charge in [0.2, 0.25) is 5.95 Å². The molecule has 1 aliphatic rings. The number of nitrogens with one attached hydrogen (secondary N) is 1. The number of aliphatic hydroxyl groups is 1. The highest BCUT2D eigenvalue weighted by molar-refractivity contribution is 6.39. The Morgan fingerprint density at radius 3 is 2.60 bits per heavy atom. The molecular weight excluding hydrogens is 489 g/mol.